The van der Waals surface area contributed by atoms with Gasteiger partial charge in [-0.2, -0.15) is 0 Å². The predicted octanol–water partition coefficient (Wildman–Crippen LogP) is 1.11. The van der Waals surface area contributed by atoms with Crippen molar-refractivity contribution in [1.29, 1.82) is 0 Å². The van der Waals surface area contributed by atoms with Gasteiger partial charge in [0.05, 0.1) is 25.4 Å². The number of fused-ring (bicyclic) bond motifs is 1. The molecule has 18 heavy (non-hydrogen) atoms. The van der Waals surface area contributed by atoms with E-state index in [1.807, 2.05) is 24.3 Å². The van der Waals surface area contributed by atoms with Crippen molar-refractivity contribution in [3.05, 3.63) is 35.4 Å². The molecular weight excluding hydrogens is 248 g/mol. The highest BCUT2D eigenvalue weighted by atomic mass is 32.1. The van der Waals surface area contributed by atoms with Crippen molar-refractivity contribution in [3.8, 4) is 0 Å². The molecule has 1 amide bonds. The van der Waals surface area contributed by atoms with Gasteiger partial charge in [-0.1, -0.05) is 30.4 Å². The van der Waals surface area contributed by atoms with Crippen molar-refractivity contribution >= 4 is 23.1 Å². The Hall–Kier alpha value is -1.30. The van der Waals surface area contributed by atoms with Crippen LogP contribution in [0.1, 0.15) is 15.9 Å². The number of amides is 1. The Morgan fingerprint density at radius 1 is 1.17 bits per heavy atom. The summed E-state index contributed by atoms with van der Waals surface area (Å²) in [5.74, 6) is 0.0158. The number of morpholine rings is 1. The number of thiocarbonyl (C=S) groups is 1. The molecule has 0 radical (unpaired) electrons. The van der Waals surface area contributed by atoms with E-state index in [2.05, 4.69) is 4.90 Å². The van der Waals surface area contributed by atoms with Crippen LogP contribution in [-0.2, 0) is 4.74 Å². The van der Waals surface area contributed by atoms with Crippen molar-refractivity contribution in [1.82, 2.24) is 9.80 Å². The van der Waals surface area contributed by atoms with Gasteiger partial charge in [0.2, 0.25) is 0 Å². The average molecular weight is 262 g/mol. The zero-order valence-corrected chi connectivity index (χ0v) is 10.8. The Morgan fingerprint density at radius 3 is 2.50 bits per heavy atom. The third kappa shape index (κ3) is 1.94. The van der Waals surface area contributed by atoms with Gasteiger partial charge in [-0.3, -0.25) is 14.6 Å². The van der Waals surface area contributed by atoms with E-state index in [0.29, 0.717) is 11.7 Å². The van der Waals surface area contributed by atoms with Crippen molar-refractivity contribution in [2.24, 2.45) is 0 Å². The number of hydrogen-bond acceptors (Lipinski definition) is 4. The topological polar surface area (TPSA) is 32.8 Å². The number of benzene rings is 1. The van der Waals surface area contributed by atoms with Crippen LogP contribution in [-0.4, -0.2) is 53.7 Å². The molecule has 4 nitrogen and oxygen atoms in total. The third-order valence-electron chi connectivity index (χ3n) is 3.32. The molecular formula is C13H14N2O2S. The molecule has 0 aromatic heterocycles. The van der Waals surface area contributed by atoms with Crippen LogP contribution < -0.4 is 0 Å². The summed E-state index contributed by atoms with van der Waals surface area (Å²) < 4.78 is 5.30. The minimum Gasteiger partial charge on any atom is -0.379 e. The molecule has 1 fully saturated rings. The van der Waals surface area contributed by atoms with Crippen LogP contribution in [0.25, 0.3) is 0 Å². The fraction of sp³-hybridized carbons (Fsp3) is 0.385. The highest BCUT2D eigenvalue weighted by Gasteiger charge is 2.33. The van der Waals surface area contributed by atoms with E-state index in [1.165, 1.54) is 0 Å². The SMILES string of the molecule is O=C1c2ccccc2C(=S)N1CN1CCOCC1. The highest BCUT2D eigenvalue weighted by Crippen LogP contribution is 2.23. The van der Waals surface area contributed by atoms with Crippen LogP contribution >= 0.6 is 12.2 Å². The lowest BCUT2D eigenvalue weighted by molar-refractivity contribution is 0.0216. The Morgan fingerprint density at radius 2 is 1.83 bits per heavy atom. The molecule has 0 atom stereocenters. The molecule has 1 saturated heterocycles. The summed E-state index contributed by atoms with van der Waals surface area (Å²) in [5.41, 5.74) is 1.60. The smallest absolute Gasteiger partial charge is 0.260 e. The number of nitrogens with zero attached hydrogens (tertiary/aromatic N) is 2. The number of ether oxygens (including phenoxy) is 1. The van der Waals surface area contributed by atoms with Crippen molar-refractivity contribution in [2.45, 2.75) is 0 Å². The molecule has 2 aliphatic heterocycles. The molecule has 0 unspecified atom stereocenters. The van der Waals surface area contributed by atoms with Gasteiger partial charge in [0.15, 0.2) is 0 Å². The summed E-state index contributed by atoms with van der Waals surface area (Å²) in [7, 11) is 0. The maximum absolute atomic E-state index is 12.3. The van der Waals surface area contributed by atoms with Gasteiger partial charge in [-0.25, -0.2) is 0 Å². The Kier molecular flexibility index (Phi) is 3.11. The molecule has 0 bridgehead atoms. The van der Waals surface area contributed by atoms with Gasteiger partial charge in [-0.05, 0) is 6.07 Å². The maximum atomic E-state index is 12.3. The lowest BCUT2D eigenvalue weighted by Crippen LogP contribution is -2.45. The van der Waals surface area contributed by atoms with E-state index in [9.17, 15) is 4.79 Å². The Labute approximate surface area is 111 Å². The second-order valence-corrected chi connectivity index (χ2v) is 4.84. The molecule has 3 rings (SSSR count). The van der Waals surface area contributed by atoms with E-state index < -0.39 is 0 Å². The zero-order chi connectivity index (χ0) is 12.5. The normalized spacial score (nSPS) is 20.3. The van der Waals surface area contributed by atoms with Crippen molar-refractivity contribution in [2.75, 3.05) is 33.0 Å². The van der Waals surface area contributed by atoms with Crippen LogP contribution in [0.2, 0.25) is 0 Å². The van der Waals surface area contributed by atoms with Crippen LogP contribution in [0.5, 0.6) is 0 Å². The molecule has 0 aliphatic carbocycles. The molecule has 1 aromatic carbocycles. The second-order valence-electron chi connectivity index (χ2n) is 4.46. The van der Waals surface area contributed by atoms with Crippen LogP contribution in [0.4, 0.5) is 0 Å². The van der Waals surface area contributed by atoms with Crippen LogP contribution in [0, 0.1) is 0 Å². The zero-order valence-electron chi connectivity index (χ0n) is 9.96. The van der Waals surface area contributed by atoms with Gasteiger partial charge in [0.1, 0.15) is 4.99 Å². The number of rotatable bonds is 2. The highest BCUT2D eigenvalue weighted by molar-refractivity contribution is 7.80. The van der Waals surface area contributed by atoms with Crippen molar-refractivity contribution in [3.63, 3.8) is 0 Å². The van der Waals surface area contributed by atoms with Gasteiger partial charge < -0.3 is 4.74 Å². The first kappa shape index (κ1) is 11.8. The molecule has 0 saturated carbocycles. The standard InChI is InChI=1S/C13H14N2O2S/c16-12-10-3-1-2-4-11(10)13(18)15(12)9-14-5-7-17-8-6-14/h1-4H,5-9H2. The monoisotopic (exact) mass is 262 g/mol. The first-order valence-corrected chi connectivity index (χ1v) is 6.43. The average Bonchev–Trinajstić information content (AvgIpc) is 2.66. The summed E-state index contributed by atoms with van der Waals surface area (Å²) in [4.78, 5) is 16.8. The summed E-state index contributed by atoms with van der Waals surface area (Å²) in [6.07, 6.45) is 0. The van der Waals surface area contributed by atoms with Gasteiger partial charge in [0, 0.05) is 18.7 Å². The number of carbonyl (C=O) groups excluding carboxylic acids is 1. The van der Waals surface area contributed by atoms with Gasteiger partial charge >= 0.3 is 0 Å². The minimum absolute atomic E-state index is 0.0158. The maximum Gasteiger partial charge on any atom is 0.260 e. The quantitative estimate of drug-likeness (QED) is 0.747. The fourth-order valence-electron chi connectivity index (χ4n) is 2.31. The van der Waals surface area contributed by atoms with Crippen LogP contribution in [0.15, 0.2) is 24.3 Å². The van der Waals surface area contributed by atoms with Crippen LogP contribution in [0.3, 0.4) is 0 Å². The summed E-state index contributed by atoms with van der Waals surface area (Å²) in [6, 6.07) is 7.53. The Balaban J connectivity index is 1.79. The summed E-state index contributed by atoms with van der Waals surface area (Å²) in [5, 5.41) is 0. The molecule has 2 heterocycles. The first-order valence-electron chi connectivity index (χ1n) is 6.03. The van der Waals surface area contributed by atoms with E-state index >= 15 is 0 Å². The first-order chi connectivity index (χ1) is 8.77. The molecule has 1 aromatic rings. The third-order valence-corrected chi connectivity index (χ3v) is 3.76. The summed E-state index contributed by atoms with van der Waals surface area (Å²) in [6.45, 7) is 3.71. The van der Waals surface area contributed by atoms with E-state index in [0.717, 1.165) is 37.4 Å². The number of carbonyl (C=O) groups is 1. The summed E-state index contributed by atoms with van der Waals surface area (Å²) >= 11 is 5.39. The molecule has 5 heteroatoms. The fourth-order valence-corrected chi connectivity index (χ4v) is 2.63. The molecule has 94 valence electrons. The minimum atomic E-state index is 0.0158. The molecule has 0 N–H and O–H groups in total. The molecule has 0 spiro atoms. The second kappa shape index (κ2) is 4.76. The van der Waals surface area contributed by atoms with Gasteiger partial charge in [0.25, 0.3) is 5.91 Å². The molecule has 2 aliphatic rings. The van der Waals surface area contributed by atoms with E-state index in [-0.39, 0.29) is 5.91 Å². The lowest BCUT2D eigenvalue weighted by atomic mass is 10.1. The lowest BCUT2D eigenvalue weighted by Gasteiger charge is -2.30. The predicted molar refractivity (Wildman–Crippen MR) is 71.6 cm³/mol. The van der Waals surface area contributed by atoms with Crippen molar-refractivity contribution < 1.29 is 9.53 Å². The largest absolute Gasteiger partial charge is 0.379 e. The van der Waals surface area contributed by atoms with E-state index in [1.54, 1.807) is 4.90 Å². The van der Waals surface area contributed by atoms with Gasteiger partial charge in [-0.15, -0.1) is 0 Å². The Bertz CT molecular complexity index is 463. The number of hydrogen-bond donors (Lipinski definition) is 0. The van der Waals surface area contributed by atoms with E-state index in [4.69, 9.17) is 17.0 Å².